The summed E-state index contributed by atoms with van der Waals surface area (Å²) >= 11 is 9.65. The molecule has 0 aromatic heterocycles. The lowest BCUT2D eigenvalue weighted by molar-refractivity contribution is 0.290. The van der Waals surface area contributed by atoms with Gasteiger partial charge in [-0.3, -0.25) is 0 Å². The van der Waals surface area contributed by atoms with Crippen molar-refractivity contribution in [1.82, 2.24) is 0 Å². The molecule has 1 nitrogen and oxygen atoms in total. The molecule has 0 aliphatic rings. The molecule has 0 saturated carbocycles. The molecule has 0 amide bonds. The van der Waals surface area contributed by atoms with E-state index in [9.17, 15) is 8.78 Å². The van der Waals surface area contributed by atoms with E-state index in [1.54, 1.807) is 18.2 Å². The molecule has 100 valence electrons. The molecule has 0 radical (unpaired) electrons. The molecule has 0 aliphatic carbocycles. The fraction of sp³-hybridized carbons (Fsp3) is 0.0769. The van der Waals surface area contributed by atoms with E-state index in [-0.39, 0.29) is 16.6 Å². The first kappa shape index (κ1) is 14.9. The maximum absolute atomic E-state index is 13.7. The zero-order valence-corrected chi connectivity index (χ0v) is 14.1. The van der Waals surface area contributed by atoms with Gasteiger partial charge in [0.1, 0.15) is 24.0 Å². The zero-order valence-electron chi connectivity index (χ0n) is 9.39. The van der Waals surface area contributed by atoms with Gasteiger partial charge in [0.05, 0.1) is 14.5 Å². The maximum Gasteiger partial charge on any atom is 0.146 e. The summed E-state index contributed by atoms with van der Waals surface area (Å²) in [5.41, 5.74) is -0.107. The molecule has 2 rings (SSSR count). The molecule has 2 aromatic rings. The van der Waals surface area contributed by atoms with Gasteiger partial charge < -0.3 is 4.74 Å². The van der Waals surface area contributed by atoms with Crippen LogP contribution in [0.5, 0.6) is 5.75 Å². The summed E-state index contributed by atoms with van der Waals surface area (Å²) in [5, 5.41) is 0. The van der Waals surface area contributed by atoms with Crippen molar-refractivity contribution in [2.24, 2.45) is 0 Å². The minimum atomic E-state index is -0.645. The van der Waals surface area contributed by atoms with E-state index in [1.807, 2.05) is 0 Å². The van der Waals surface area contributed by atoms with Crippen LogP contribution in [0.25, 0.3) is 0 Å². The monoisotopic (exact) mass is 454 g/mol. The normalized spacial score (nSPS) is 10.6. The fourth-order valence-corrected chi connectivity index (χ4v) is 2.98. The summed E-state index contributed by atoms with van der Waals surface area (Å²) in [5.74, 6) is -0.760. The molecular formula is C13H7Br3F2O. The van der Waals surface area contributed by atoms with Gasteiger partial charge in [0.25, 0.3) is 0 Å². The number of hydrogen-bond acceptors (Lipinski definition) is 1. The van der Waals surface area contributed by atoms with E-state index in [0.29, 0.717) is 10.2 Å². The summed E-state index contributed by atoms with van der Waals surface area (Å²) < 4.78 is 34.5. The van der Waals surface area contributed by atoms with Crippen LogP contribution in [-0.4, -0.2) is 0 Å². The van der Waals surface area contributed by atoms with Gasteiger partial charge in [-0.1, -0.05) is 15.9 Å². The van der Waals surface area contributed by atoms with Crippen molar-refractivity contribution in [3.63, 3.8) is 0 Å². The summed E-state index contributed by atoms with van der Waals surface area (Å²) in [6.07, 6.45) is 0. The first-order valence-electron chi connectivity index (χ1n) is 5.19. The highest BCUT2D eigenvalue weighted by Crippen LogP contribution is 2.30. The van der Waals surface area contributed by atoms with Crippen LogP contribution in [0.1, 0.15) is 5.56 Å². The molecule has 6 heteroatoms. The Bertz CT molecular complexity index is 617. The second-order valence-electron chi connectivity index (χ2n) is 3.69. The Morgan fingerprint density at radius 2 is 1.68 bits per heavy atom. The van der Waals surface area contributed by atoms with Crippen LogP contribution in [0.4, 0.5) is 8.78 Å². The summed E-state index contributed by atoms with van der Waals surface area (Å²) in [6, 6.07) is 7.81. The third-order valence-corrected chi connectivity index (χ3v) is 4.13. The molecule has 0 fully saturated rings. The third-order valence-electron chi connectivity index (χ3n) is 2.40. The molecular weight excluding hydrogens is 450 g/mol. The number of halogens is 5. The second-order valence-corrected chi connectivity index (χ2v) is 6.31. The molecule has 0 bridgehead atoms. The van der Waals surface area contributed by atoms with Gasteiger partial charge >= 0.3 is 0 Å². The van der Waals surface area contributed by atoms with Crippen molar-refractivity contribution in [3.8, 4) is 5.75 Å². The van der Waals surface area contributed by atoms with Gasteiger partial charge in [-0.15, -0.1) is 0 Å². The molecule has 0 atom stereocenters. The van der Waals surface area contributed by atoms with Crippen molar-refractivity contribution in [1.29, 1.82) is 0 Å². The van der Waals surface area contributed by atoms with E-state index in [1.165, 1.54) is 12.1 Å². The zero-order chi connectivity index (χ0) is 14.0. The number of benzene rings is 2. The van der Waals surface area contributed by atoms with Crippen molar-refractivity contribution in [3.05, 3.63) is 60.9 Å². The van der Waals surface area contributed by atoms with Crippen LogP contribution in [0.3, 0.4) is 0 Å². The predicted octanol–water partition coefficient (Wildman–Crippen LogP) is 5.83. The minimum Gasteiger partial charge on any atom is -0.488 e. The highest BCUT2D eigenvalue weighted by Gasteiger charge is 2.13. The van der Waals surface area contributed by atoms with E-state index < -0.39 is 11.6 Å². The smallest absolute Gasteiger partial charge is 0.146 e. The standard InChI is InChI=1S/C13H7Br3F2O/c14-7-1-4-12(10(16)5-7)19-6-8-11(17)3-2-9(15)13(8)18/h1-5H,6H2. The Morgan fingerprint density at radius 3 is 2.37 bits per heavy atom. The van der Waals surface area contributed by atoms with Crippen molar-refractivity contribution in [2.45, 2.75) is 6.61 Å². The number of rotatable bonds is 3. The minimum absolute atomic E-state index is 0.107. The van der Waals surface area contributed by atoms with Crippen LogP contribution >= 0.6 is 47.8 Å². The molecule has 19 heavy (non-hydrogen) atoms. The Balaban J connectivity index is 2.21. The highest BCUT2D eigenvalue weighted by molar-refractivity contribution is 9.11. The second kappa shape index (κ2) is 6.33. The van der Waals surface area contributed by atoms with Crippen LogP contribution in [0.2, 0.25) is 0 Å². The first-order chi connectivity index (χ1) is 8.99. The van der Waals surface area contributed by atoms with Gasteiger partial charge in [-0.05, 0) is 62.2 Å². The van der Waals surface area contributed by atoms with Crippen LogP contribution in [0, 0.1) is 11.6 Å². The maximum atomic E-state index is 13.7. The van der Waals surface area contributed by atoms with Crippen molar-refractivity contribution in [2.75, 3.05) is 0 Å². The Morgan fingerprint density at radius 1 is 0.947 bits per heavy atom. The van der Waals surface area contributed by atoms with Gasteiger partial charge in [-0.25, -0.2) is 8.78 Å². The van der Waals surface area contributed by atoms with Crippen LogP contribution in [0.15, 0.2) is 43.7 Å². The Labute approximate surface area is 134 Å². The van der Waals surface area contributed by atoms with E-state index in [4.69, 9.17) is 4.74 Å². The number of hydrogen-bond donors (Lipinski definition) is 0. The van der Waals surface area contributed by atoms with Gasteiger partial charge in [0, 0.05) is 4.47 Å². The van der Waals surface area contributed by atoms with Gasteiger partial charge in [0.2, 0.25) is 0 Å². The van der Waals surface area contributed by atoms with Gasteiger partial charge in [-0.2, -0.15) is 0 Å². The summed E-state index contributed by atoms with van der Waals surface area (Å²) in [4.78, 5) is 0. The van der Waals surface area contributed by atoms with E-state index in [0.717, 1.165) is 4.47 Å². The highest BCUT2D eigenvalue weighted by atomic mass is 79.9. The molecule has 0 aliphatic heterocycles. The summed E-state index contributed by atoms with van der Waals surface area (Å²) in [6.45, 7) is -0.183. The van der Waals surface area contributed by atoms with E-state index >= 15 is 0 Å². The molecule has 0 heterocycles. The lowest BCUT2D eigenvalue weighted by Crippen LogP contribution is -2.03. The predicted molar refractivity (Wildman–Crippen MR) is 80.2 cm³/mol. The Hall–Kier alpha value is -0.460. The first-order valence-corrected chi connectivity index (χ1v) is 7.57. The van der Waals surface area contributed by atoms with Crippen molar-refractivity contribution < 1.29 is 13.5 Å². The largest absolute Gasteiger partial charge is 0.488 e. The van der Waals surface area contributed by atoms with Crippen LogP contribution < -0.4 is 4.74 Å². The number of ether oxygens (including phenoxy) is 1. The lowest BCUT2D eigenvalue weighted by Gasteiger charge is -2.10. The molecule has 2 aromatic carbocycles. The van der Waals surface area contributed by atoms with Crippen molar-refractivity contribution >= 4 is 47.8 Å². The average molecular weight is 457 g/mol. The van der Waals surface area contributed by atoms with Gasteiger partial charge in [0.15, 0.2) is 0 Å². The molecule has 0 spiro atoms. The SMILES string of the molecule is Fc1ccc(Br)c(F)c1COc1ccc(Br)cc1Br. The molecule has 0 N–H and O–H groups in total. The topological polar surface area (TPSA) is 9.23 Å². The van der Waals surface area contributed by atoms with Crippen LogP contribution in [-0.2, 0) is 6.61 Å². The fourth-order valence-electron chi connectivity index (χ4n) is 1.44. The molecule has 0 unspecified atom stereocenters. The molecule has 0 saturated heterocycles. The summed E-state index contributed by atoms with van der Waals surface area (Å²) in [7, 11) is 0. The lowest BCUT2D eigenvalue weighted by atomic mass is 10.2. The van der Waals surface area contributed by atoms with E-state index in [2.05, 4.69) is 47.8 Å². The third kappa shape index (κ3) is 3.55. The average Bonchev–Trinajstić information content (AvgIpc) is 2.36. The Kier molecular flexibility index (Phi) is 4.97. The quantitative estimate of drug-likeness (QED) is 0.528.